The molecule has 0 bridgehead atoms. The van der Waals surface area contributed by atoms with Gasteiger partial charge in [0.2, 0.25) is 0 Å². The predicted molar refractivity (Wildman–Crippen MR) is 73.0 cm³/mol. The smallest absolute Gasteiger partial charge is 0.0726 e. The Bertz CT molecular complexity index is 184. The molecule has 0 amide bonds. The molecule has 4 heteroatoms. The molecule has 0 saturated carbocycles. The third-order valence-corrected chi connectivity index (χ3v) is 3.25. The summed E-state index contributed by atoms with van der Waals surface area (Å²) < 4.78 is 16.5. The van der Waals surface area contributed by atoms with Gasteiger partial charge in [-0.1, -0.05) is 13.3 Å². The molecule has 0 radical (unpaired) electrons. The molecule has 1 saturated heterocycles. The van der Waals surface area contributed by atoms with E-state index in [0.29, 0.717) is 25.4 Å². The normalized spacial score (nSPS) is 21.3. The molecule has 1 N–H and O–H groups in total. The molecule has 4 nitrogen and oxygen atoms in total. The zero-order valence-electron chi connectivity index (χ0n) is 12.0. The van der Waals surface area contributed by atoms with Gasteiger partial charge in [-0.15, -0.1) is 0 Å². The van der Waals surface area contributed by atoms with E-state index in [4.69, 9.17) is 14.2 Å². The van der Waals surface area contributed by atoms with Crippen LogP contribution in [0.1, 0.15) is 39.5 Å². The number of unbranched alkanes of at least 4 members (excludes halogenated alkanes) is 1. The van der Waals surface area contributed by atoms with Gasteiger partial charge in [0.05, 0.1) is 25.9 Å². The maximum atomic E-state index is 5.62. The number of hydrogen-bond donors (Lipinski definition) is 1. The molecule has 1 heterocycles. The highest BCUT2D eigenvalue weighted by Gasteiger charge is 2.21. The summed E-state index contributed by atoms with van der Waals surface area (Å²) in [7, 11) is 0. The topological polar surface area (TPSA) is 39.7 Å². The van der Waals surface area contributed by atoms with E-state index in [0.717, 1.165) is 32.8 Å². The summed E-state index contributed by atoms with van der Waals surface area (Å²) in [5.41, 5.74) is 0. The van der Waals surface area contributed by atoms with Crippen molar-refractivity contribution in [1.29, 1.82) is 0 Å². The lowest BCUT2D eigenvalue weighted by Gasteiger charge is -2.19. The first-order valence-corrected chi connectivity index (χ1v) is 7.35. The third-order valence-electron chi connectivity index (χ3n) is 3.25. The van der Waals surface area contributed by atoms with E-state index in [9.17, 15) is 0 Å². The van der Waals surface area contributed by atoms with E-state index in [1.54, 1.807) is 0 Å². The first-order chi connectivity index (χ1) is 8.84. The molecule has 0 aliphatic carbocycles. The van der Waals surface area contributed by atoms with Crippen molar-refractivity contribution < 1.29 is 14.2 Å². The van der Waals surface area contributed by atoms with Crippen LogP contribution in [0.25, 0.3) is 0 Å². The molecular formula is C14H29NO3. The standard InChI is InChI=1S/C14H29NO3/c1-3-4-8-16-11-12-17-10-7-15-13(2)14-6-5-9-18-14/h13-15H,3-12H2,1-2H3. The van der Waals surface area contributed by atoms with E-state index in [-0.39, 0.29) is 0 Å². The van der Waals surface area contributed by atoms with Gasteiger partial charge in [-0.3, -0.25) is 0 Å². The predicted octanol–water partition coefficient (Wildman–Crippen LogP) is 1.98. The van der Waals surface area contributed by atoms with Gasteiger partial charge in [0.1, 0.15) is 0 Å². The van der Waals surface area contributed by atoms with Gasteiger partial charge < -0.3 is 19.5 Å². The van der Waals surface area contributed by atoms with Gasteiger partial charge in [0, 0.05) is 25.8 Å². The molecule has 1 aliphatic heterocycles. The van der Waals surface area contributed by atoms with Crippen LogP contribution in [0.5, 0.6) is 0 Å². The molecule has 2 atom stereocenters. The molecule has 1 rings (SSSR count). The second kappa shape index (κ2) is 10.7. The molecule has 0 aromatic heterocycles. The summed E-state index contributed by atoms with van der Waals surface area (Å²) in [6.45, 7) is 9.16. The van der Waals surface area contributed by atoms with Crippen LogP contribution in [0.3, 0.4) is 0 Å². The lowest BCUT2D eigenvalue weighted by Crippen LogP contribution is -2.38. The first kappa shape index (κ1) is 15.9. The average molecular weight is 259 g/mol. The zero-order chi connectivity index (χ0) is 13.1. The molecule has 0 spiro atoms. The third kappa shape index (κ3) is 7.31. The molecular weight excluding hydrogens is 230 g/mol. The van der Waals surface area contributed by atoms with Crippen molar-refractivity contribution >= 4 is 0 Å². The number of ether oxygens (including phenoxy) is 3. The summed E-state index contributed by atoms with van der Waals surface area (Å²) in [4.78, 5) is 0. The Morgan fingerprint density at radius 3 is 2.67 bits per heavy atom. The van der Waals surface area contributed by atoms with Crippen molar-refractivity contribution in [2.24, 2.45) is 0 Å². The zero-order valence-corrected chi connectivity index (χ0v) is 12.0. The van der Waals surface area contributed by atoms with Gasteiger partial charge >= 0.3 is 0 Å². The number of rotatable bonds is 11. The number of hydrogen-bond acceptors (Lipinski definition) is 4. The van der Waals surface area contributed by atoms with E-state index in [1.165, 1.54) is 19.3 Å². The van der Waals surface area contributed by atoms with Crippen molar-refractivity contribution in [1.82, 2.24) is 5.32 Å². The monoisotopic (exact) mass is 259 g/mol. The molecule has 18 heavy (non-hydrogen) atoms. The Hall–Kier alpha value is -0.160. The van der Waals surface area contributed by atoms with Gasteiger partial charge in [-0.25, -0.2) is 0 Å². The molecule has 1 fully saturated rings. The van der Waals surface area contributed by atoms with E-state index >= 15 is 0 Å². The van der Waals surface area contributed by atoms with Crippen LogP contribution in [0, 0.1) is 0 Å². The van der Waals surface area contributed by atoms with Crippen LogP contribution in [0.4, 0.5) is 0 Å². The van der Waals surface area contributed by atoms with Crippen LogP contribution >= 0.6 is 0 Å². The van der Waals surface area contributed by atoms with Gasteiger partial charge in [-0.2, -0.15) is 0 Å². The lowest BCUT2D eigenvalue weighted by molar-refractivity contribution is 0.0432. The van der Waals surface area contributed by atoms with Gasteiger partial charge in [-0.05, 0) is 26.2 Å². The molecule has 0 aromatic rings. The Morgan fingerprint density at radius 1 is 1.22 bits per heavy atom. The minimum atomic E-state index is 0.391. The summed E-state index contributed by atoms with van der Waals surface area (Å²) in [5, 5.41) is 3.44. The van der Waals surface area contributed by atoms with Crippen molar-refractivity contribution in [3.05, 3.63) is 0 Å². The fraction of sp³-hybridized carbons (Fsp3) is 1.00. The largest absolute Gasteiger partial charge is 0.379 e. The highest BCUT2D eigenvalue weighted by atomic mass is 16.5. The molecule has 2 unspecified atom stereocenters. The number of nitrogens with one attached hydrogen (secondary N) is 1. The Kier molecular flexibility index (Phi) is 9.48. The van der Waals surface area contributed by atoms with Crippen LogP contribution in [-0.4, -0.2) is 51.7 Å². The van der Waals surface area contributed by atoms with E-state index in [2.05, 4.69) is 19.2 Å². The fourth-order valence-electron chi connectivity index (χ4n) is 2.06. The summed E-state index contributed by atoms with van der Waals surface area (Å²) in [6, 6.07) is 0.428. The van der Waals surface area contributed by atoms with Crippen molar-refractivity contribution in [2.45, 2.75) is 51.7 Å². The van der Waals surface area contributed by atoms with Crippen molar-refractivity contribution in [2.75, 3.05) is 39.6 Å². The second-order valence-corrected chi connectivity index (χ2v) is 4.87. The van der Waals surface area contributed by atoms with Crippen LogP contribution in [0.15, 0.2) is 0 Å². The van der Waals surface area contributed by atoms with E-state index < -0.39 is 0 Å². The summed E-state index contributed by atoms with van der Waals surface area (Å²) in [5.74, 6) is 0. The Morgan fingerprint density at radius 2 is 2.00 bits per heavy atom. The highest BCUT2D eigenvalue weighted by Crippen LogP contribution is 2.14. The van der Waals surface area contributed by atoms with Crippen molar-refractivity contribution in [3.8, 4) is 0 Å². The van der Waals surface area contributed by atoms with Crippen molar-refractivity contribution in [3.63, 3.8) is 0 Å². The van der Waals surface area contributed by atoms with Crippen LogP contribution < -0.4 is 5.32 Å². The first-order valence-electron chi connectivity index (χ1n) is 7.35. The van der Waals surface area contributed by atoms with Crippen LogP contribution in [0.2, 0.25) is 0 Å². The molecule has 108 valence electrons. The summed E-state index contributed by atoms with van der Waals surface area (Å²) >= 11 is 0. The van der Waals surface area contributed by atoms with Gasteiger partial charge in [0.15, 0.2) is 0 Å². The van der Waals surface area contributed by atoms with Crippen LogP contribution in [-0.2, 0) is 14.2 Å². The second-order valence-electron chi connectivity index (χ2n) is 4.87. The minimum absolute atomic E-state index is 0.391. The molecule has 0 aromatic carbocycles. The van der Waals surface area contributed by atoms with E-state index in [1.807, 2.05) is 0 Å². The molecule has 1 aliphatic rings. The fourth-order valence-corrected chi connectivity index (χ4v) is 2.06. The Labute approximate surface area is 111 Å². The Balaban J connectivity index is 1.80. The lowest BCUT2D eigenvalue weighted by atomic mass is 10.1. The minimum Gasteiger partial charge on any atom is -0.379 e. The highest BCUT2D eigenvalue weighted by molar-refractivity contribution is 4.76. The maximum Gasteiger partial charge on any atom is 0.0726 e. The maximum absolute atomic E-state index is 5.62. The quantitative estimate of drug-likeness (QED) is 0.576. The summed E-state index contributed by atoms with van der Waals surface area (Å²) in [6.07, 6.45) is 5.09. The average Bonchev–Trinajstić information content (AvgIpc) is 2.90. The van der Waals surface area contributed by atoms with Gasteiger partial charge in [0.25, 0.3) is 0 Å². The SMILES string of the molecule is CCCCOCCOCCNC(C)C1CCCO1.